The van der Waals surface area contributed by atoms with Crippen LogP contribution < -0.4 is 10.5 Å². The van der Waals surface area contributed by atoms with Gasteiger partial charge in [-0.05, 0) is 42.7 Å². The number of rotatable bonds is 4. The van der Waals surface area contributed by atoms with Gasteiger partial charge in [-0.3, -0.25) is 0 Å². The molecule has 4 heteroatoms. The van der Waals surface area contributed by atoms with Crippen molar-refractivity contribution in [1.29, 1.82) is 0 Å². The summed E-state index contributed by atoms with van der Waals surface area (Å²) in [7, 11) is 1.66. The molecular formula is C16H17Cl2NO. The molecule has 0 aliphatic carbocycles. The molecule has 0 amide bonds. The van der Waals surface area contributed by atoms with Crippen LogP contribution in [-0.4, -0.2) is 7.11 Å². The van der Waals surface area contributed by atoms with Crippen LogP contribution in [0.15, 0.2) is 36.4 Å². The average molecular weight is 310 g/mol. The fraction of sp³-hybridized carbons (Fsp3) is 0.250. The number of hydrogen-bond donors (Lipinski definition) is 1. The molecule has 0 aliphatic heterocycles. The summed E-state index contributed by atoms with van der Waals surface area (Å²) < 4.78 is 5.40. The van der Waals surface area contributed by atoms with Crippen LogP contribution in [0.1, 0.15) is 22.7 Å². The fourth-order valence-electron chi connectivity index (χ4n) is 2.16. The Hall–Kier alpha value is -1.22. The van der Waals surface area contributed by atoms with Crippen molar-refractivity contribution in [1.82, 2.24) is 0 Å². The van der Waals surface area contributed by atoms with Crippen LogP contribution in [0.3, 0.4) is 0 Å². The van der Waals surface area contributed by atoms with E-state index in [0.29, 0.717) is 16.5 Å². The van der Waals surface area contributed by atoms with E-state index < -0.39 is 0 Å². The van der Waals surface area contributed by atoms with E-state index in [0.717, 1.165) is 22.4 Å². The number of aryl methyl sites for hydroxylation is 1. The van der Waals surface area contributed by atoms with Crippen LogP contribution in [0.25, 0.3) is 0 Å². The third-order valence-electron chi connectivity index (χ3n) is 3.23. The molecule has 0 aliphatic rings. The molecule has 2 N–H and O–H groups in total. The zero-order valence-electron chi connectivity index (χ0n) is 11.5. The lowest BCUT2D eigenvalue weighted by Crippen LogP contribution is -2.14. The number of ether oxygens (including phenoxy) is 1. The number of nitrogens with two attached hydrogens (primary N) is 1. The summed E-state index contributed by atoms with van der Waals surface area (Å²) >= 11 is 11.9. The molecule has 0 aromatic heterocycles. The molecule has 2 rings (SSSR count). The highest BCUT2D eigenvalue weighted by Crippen LogP contribution is 2.29. The van der Waals surface area contributed by atoms with Crippen LogP contribution in [-0.2, 0) is 6.42 Å². The van der Waals surface area contributed by atoms with Crippen LogP contribution >= 0.6 is 23.2 Å². The molecule has 0 saturated carbocycles. The average Bonchev–Trinajstić information content (AvgIpc) is 2.42. The van der Waals surface area contributed by atoms with Gasteiger partial charge in [-0.25, -0.2) is 0 Å². The molecular weight excluding hydrogens is 293 g/mol. The summed E-state index contributed by atoms with van der Waals surface area (Å²) in [4.78, 5) is 0. The second kappa shape index (κ2) is 6.49. The first-order chi connectivity index (χ1) is 9.51. The van der Waals surface area contributed by atoms with Gasteiger partial charge >= 0.3 is 0 Å². The highest BCUT2D eigenvalue weighted by atomic mass is 35.5. The summed E-state index contributed by atoms with van der Waals surface area (Å²) in [5, 5.41) is 1.10. The molecule has 1 unspecified atom stereocenters. The van der Waals surface area contributed by atoms with E-state index in [1.54, 1.807) is 13.2 Å². The summed E-state index contributed by atoms with van der Waals surface area (Å²) in [6.45, 7) is 2.02. The normalized spacial score (nSPS) is 12.2. The smallest absolute Gasteiger partial charge is 0.123 e. The summed E-state index contributed by atoms with van der Waals surface area (Å²) in [6, 6.07) is 11.5. The number of hydrogen-bond acceptors (Lipinski definition) is 2. The third-order valence-corrected chi connectivity index (χ3v) is 3.97. The van der Waals surface area contributed by atoms with E-state index >= 15 is 0 Å². The monoisotopic (exact) mass is 309 g/mol. The Labute approximate surface area is 129 Å². The highest BCUT2D eigenvalue weighted by molar-refractivity contribution is 6.42. The number of halogens is 2. The molecule has 2 aromatic rings. The van der Waals surface area contributed by atoms with Crippen molar-refractivity contribution in [3.05, 3.63) is 63.1 Å². The molecule has 0 radical (unpaired) electrons. The molecule has 0 fully saturated rings. The fourth-order valence-corrected chi connectivity index (χ4v) is 2.48. The van der Waals surface area contributed by atoms with E-state index in [-0.39, 0.29) is 6.04 Å². The van der Waals surface area contributed by atoms with Crippen molar-refractivity contribution in [2.24, 2.45) is 5.73 Å². The highest BCUT2D eigenvalue weighted by Gasteiger charge is 2.13. The maximum Gasteiger partial charge on any atom is 0.123 e. The Balaban J connectivity index is 2.23. The van der Waals surface area contributed by atoms with Gasteiger partial charge in [-0.1, -0.05) is 41.4 Å². The Bertz CT molecular complexity index is 613. The first-order valence-corrected chi connectivity index (χ1v) is 7.11. The second-order valence-corrected chi connectivity index (χ2v) is 5.62. The standard InChI is InChI=1S/C16H17Cl2NO/c1-10-3-5-12(16(7-10)20-2)15(19)9-11-4-6-13(17)14(18)8-11/h3-8,15H,9,19H2,1-2H3. The molecule has 0 saturated heterocycles. The zero-order chi connectivity index (χ0) is 14.7. The summed E-state index contributed by atoms with van der Waals surface area (Å²) in [5.74, 6) is 0.817. The van der Waals surface area contributed by atoms with Crippen molar-refractivity contribution in [3.8, 4) is 5.75 Å². The maximum absolute atomic E-state index is 6.29. The third kappa shape index (κ3) is 3.45. The van der Waals surface area contributed by atoms with Crippen molar-refractivity contribution in [2.45, 2.75) is 19.4 Å². The largest absolute Gasteiger partial charge is 0.496 e. The molecule has 0 spiro atoms. The van der Waals surface area contributed by atoms with E-state index in [1.807, 2.05) is 37.3 Å². The Morgan fingerprint density at radius 2 is 1.85 bits per heavy atom. The molecule has 106 valence electrons. The van der Waals surface area contributed by atoms with Gasteiger partial charge in [0.25, 0.3) is 0 Å². The molecule has 2 aromatic carbocycles. The van der Waals surface area contributed by atoms with Crippen LogP contribution in [0.2, 0.25) is 10.0 Å². The van der Waals surface area contributed by atoms with Crippen LogP contribution in [0.4, 0.5) is 0 Å². The van der Waals surface area contributed by atoms with Gasteiger partial charge in [0.1, 0.15) is 5.75 Å². The number of methoxy groups -OCH3 is 1. The van der Waals surface area contributed by atoms with Gasteiger partial charge in [0.2, 0.25) is 0 Å². The quantitative estimate of drug-likeness (QED) is 0.899. The zero-order valence-corrected chi connectivity index (χ0v) is 13.0. The first kappa shape index (κ1) is 15.2. The minimum absolute atomic E-state index is 0.150. The van der Waals surface area contributed by atoms with Gasteiger partial charge in [-0.15, -0.1) is 0 Å². The predicted octanol–water partition coefficient (Wildman–Crippen LogP) is 4.55. The van der Waals surface area contributed by atoms with Gasteiger partial charge in [0, 0.05) is 11.6 Å². The van der Waals surface area contributed by atoms with Crippen molar-refractivity contribution < 1.29 is 4.74 Å². The lowest BCUT2D eigenvalue weighted by molar-refractivity contribution is 0.405. The van der Waals surface area contributed by atoms with Gasteiger partial charge < -0.3 is 10.5 Å². The van der Waals surface area contributed by atoms with Crippen molar-refractivity contribution >= 4 is 23.2 Å². The molecule has 20 heavy (non-hydrogen) atoms. The Morgan fingerprint density at radius 1 is 1.10 bits per heavy atom. The summed E-state index contributed by atoms with van der Waals surface area (Å²) in [6.07, 6.45) is 0.677. The van der Waals surface area contributed by atoms with Gasteiger partial charge in [0.05, 0.1) is 17.2 Å². The Kier molecular flexibility index (Phi) is 4.92. The van der Waals surface area contributed by atoms with E-state index in [2.05, 4.69) is 0 Å². The van der Waals surface area contributed by atoms with E-state index in [4.69, 9.17) is 33.7 Å². The SMILES string of the molecule is COc1cc(C)ccc1C(N)Cc1ccc(Cl)c(Cl)c1. The lowest BCUT2D eigenvalue weighted by atomic mass is 9.98. The second-order valence-electron chi connectivity index (χ2n) is 4.80. The van der Waals surface area contributed by atoms with Crippen molar-refractivity contribution in [3.63, 3.8) is 0 Å². The first-order valence-electron chi connectivity index (χ1n) is 6.35. The van der Waals surface area contributed by atoms with Crippen LogP contribution in [0, 0.1) is 6.92 Å². The van der Waals surface area contributed by atoms with Gasteiger partial charge in [-0.2, -0.15) is 0 Å². The van der Waals surface area contributed by atoms with E-state index in [1.165, 1.54) is 0 Å². The van der Waals surface area contributed by atoms with Crippen molar-refractivity contribution in [2.75, 3.05) is 7.11 Å². The molecule has 1 atom stereocenters. The minimum Gasteiger partial charge on any atom is -0.496 e. The van der Waals surface area contributed by atoms with Gasteiger partial charge in [0.15, 0.2) is 0 Å². The molecule has 2 nitrogen and oxygen atoms in total. The van der Waals surface area contributed by atoms with Crippen LogP contribution in [0.5, 0.6) is 5.75 Å². The molecule has 0 bridgehead atoms. The van der Waals surface area contributed by atoms with E-state index in [9.17, 15) is 0 Å². The Morgan fingerprint density at radius 3 is 2.50 bits per heavy atom. The lowest BCUT2D eigenvalue weighted by Gasteiger charge is -2.16. The topological polar surface area (TPSA) is 35.2 Å². The summed E-state index contributed by atoms with van der Waals surface area (Å²) in [5.41, 5.74) is 9.47. The predicted molar refractivity (Wildman–Crippen MR) is 84.8 cm³/mol. The molecule has 0 heterocycles. The minimum atomic E-state index is -0.150. The maximum atomic E-state index is 6.29. The number of benzene rings is 2.